The van der Waals surface area contributed by atoms with Gasteiger partial charge >= 0.3 is 0 Å². The van der Waals surface area contributed by atoms with E-state index >= 15 is 0 Å². The summed E-state index contributed by atoms with van der Waals surface area (Å²) in [5.74, 6) is 1.71. The minimum atomic E-state index is -0.447. The van der Waals surface area contributed by atoms with Crippen molar-refractivity contribution in [3.8, 4) is 0 Å². The normalized spacial score (nSPS) is 38.0. The lowest BCUT2D eigenvalue weighted by Crippen LogP contribution is -2.41. The topological polar surface area (TPSA) is 79.2 Å². The van der Waals surface area contributed by atoms with Crippen molar-refractivity contribution in [1.82, 2.24) is 0 Å². The molecule has 2 fully saturated rings. The Morgan fingerprint density at radius 2 is 1.96 bits per heavy atom. The van der Waals surface area contributed by atoms with Crippen LogP contribution in [0.25, 0.3) is 0 Å². The standard InChI is InChI=1S/C23H40O5/c1-16-8-9-17-5-4-6-21(26)23(17)20(16)11-10-18(25)15-19(12-13-24)28-22-7-2-3-14-27-22/h8-9,16-26H,2-7,10-15H2,1H3/t16-,17+,18-,19+,20-,21-,22?,23-/m0/s1. The monoisotopic (exact) mass is 396 g/mol. The van der Waals surface area contributed by atoms with Gasteiger partial charge in [-0.3, -0.25) is 0 Å². The lowest BCUT2D eigenvalue weighted by atomic mass is 9.62. The van der Waals surface area contributed by atoms with Gasteiger partial charge in [0, 0.05) is 13.2 Å². The fourth-order valence-electron chi connectivity index (χ4n) is 5.55. The summed E-state index contributed by atoms with van der Waals surface area (Å²) in [4.78, 5) is 0. The first kappa shape index (κ1) is 22.2. The molecule has 0 aromatic rings. The van der Waals surface area contributed by atoms with Crippen molar-refractivity contribution < 1.29 is 24.8 Å². The summed E-state index contributed by atoms with van der Waals surface area (Å²) in [5, 5.41) is 30.6. The molecule has 1 heterocycles. The first-order valence-corrected chi connectivity index (χ1v) is 11.5. The lowest BCUT2D eigenvalue weighted by Gasteiger charge is -2.44. The zero-order chi connectivity index (χ0) is 19.9. The number of aliphatic hydroxyl groups excluding tert-OH is 3. The number of hydrogen-bond donors (Lipinski definition) is 3. The number of hydrogen-bond acceptors (Lipinski definition) is 5. The zero-order valence-corrected chi connectivity index (χ0v) is 17.4. The molecule has 3 rings (SSSR count). The van der Waals surface area contributed by atoms with Crippen LogP contribution in [0.1, 0.15) is 71.1 Å². The lowest BCUT2D eigenvalue weighted by molar-refractivity contribution is -0.195. The Morgan fingerprint density at radius 3 is 2.71 bits per heavy atom. The van der Waals surface area contributed by atoms with Gasteiger partial charge in [-0.15, -0.1) is 0 Å². The minimum Gasteiger partial charge on any atom is -0.396 e. The zero-order valence-electron chi connectivity index (χ0n) is 17.4. The van der Waals surface area contributed by atoms with Gasteiger partial charge in [0.2, 0.25) is 0 Å². The molecule has 2 aliphatic carbocycles. The van der Waals surface area contributed by atoms with Crippen LogP contribution in [0.2, 0.25) is 0 Å². The van der Waals surface area contributed by atoms with E-state index in [9.17, 15) is 15.3 Å². The largest absolute Gasteiger partial charge is 0.396 e. The summed E-state index contributed by atoms with van der Waals surface area (Å²) in [6.45, 7) is 3.03. The quantitative estimate of drug-likeness (QED) is 0.521. The first-order valence-electron chi connectivity index (χ1n) is 11.5. The molecule has 0 aromatic heterocycles. The summed E-state index contributed by atoms with van der Waals surface area (Å²) in [7, 11) is 0. The van der Waals surface area contributed by atoms with E-state index in [1.807, 2.05) is 0 Å². The molecule has 0 bridgehead atoms. The molecule has 5 nitrogen and oxygen atoms in total. The molecule has 0 amide bonds. The van der Waals surface area contributed by atoms with E-state index in [-0.39, 0.29) is 25.1 Å². The summed E-state index contributed by atoms with van der Waals surface area (Å²) in [6, 6.07) is 0. The second kappa shape index (κ2) is 11.1. The highest BCUT2D eigenvalue weighted by molar-refractivity contribution is 5.07. The molecule has 0 spiro atoms. The van der Waals surface area contributed by atoms with Gasteiger partial charge in [0.1, 0.15) is 0 Å². The Bertz CT molecular complexity index is 476. The van der Waals surface area contributed by atoms with Crippen LogP contribution in [0.15, 0.2) is 12.2 Å². The van der Waals surface area contributed by atoms with Crippen LogP contribution in [0.4, 0.5) is 0 Å². The number of aliphatic hydroxyl groups is 3. The van der Waals surface area contributed by atoms with Gasteiger partial charge in [-0.25, -0.2) is 0 Å². The van der Waals surface area contributed by atoms with Crippen molar-refractivity contribution in [3.63, 3.8) is 0 Å². The van der Waals surface area contributed by atoms with Gasteiger partial charge in [0.05, 0.1) is 18.3 Å². The number of allylic oxidation sites excluding steroid dienone is 2. The van der Waals surface area contributed by atoms with Gasteiger partial charge in [-0.1, -0.05) is 25.5 Å². The van der Waals surface area contributed by atoms with Crippen molar-refractivity contribution in [3.05, 3.63) is 12.2 Å². The molecule has 1 unspecified atom stereocenters. The van der Waals surface area contributed by atoms with Crippen molar-refractivity contribution in [1.29, 1.82) is 0 Å². The molecule has 0 aromatic carbocycles. The number of fused-ring (bicyclic) bond motifs is 1. The fourth-order valence-corrected chi connectivity index (χ4v) is 5.55. The molecule has 1 aliphatic heterocycles. The highest BCUT2D eigenvalue weighted by Gasteiger charge is 2.40. The Hall–Kier alpha value is -0.460. The average molecular weight is 397 g/mol. The van der Waals surface area contributed by atoms with E-state index in [0.717, 1.165) is 51.6 Å². The molecule has 3 aliphatic rings. The summed E-state index contributed by atoms with van der Waals surface area (Å²) in [6.07, 6.45) is 12.6. The van der Waals surface area contributed by atoms with Crippen LogP contribution < -0.4 is 0 Å². The van der Waals surface area contributed by atoms with E-state index in [1.54, 1.807) is 0 Å². The molecule has 1 saturated heterocycles. The van der Waals surface area contributed by atoms with Crippen LogP contribution >= 0.6 is 0 Å². The molecule has 28 heavy (non-hydrogen) atoms. The predicted molar refractivity (Wildman–Crippen MR) is 109 cm³/mol. The average Bonchev–Trinajstić information content (AvgIpc) is 2.68. The van der Waals surface area contributed by atoms with Gasteiger partial charge in [0.25, 0.3) is 0 Å². The van der Waals surface area contributed by atoms with Gasteiger partial charge < -0.3 is 24.8 Å². The predicted octanol–water partition coefficient (Wildman–Crippen LogP) is 3.41. The first-order chi connectivity index (χ1) is 13.6. The third-order valence-electron chi connectivity index (χ3n) is 7.11. The van der Waals surface area contributed by atoms with Gasteiger partial charge in [-0.2, -0.15) is 0 Å². The number of rotatable bonds is 9. The van der Waals surface area contributed by atoms with E-state index in [1.165, 1.54) is 6.42 Å². The summed E-state index contributed by atoms with van der Waals surface area (Å²) >= 11 is 0. The minimum absolute atomic E-state index is 0.0600. The van der Waals surface area contributed by atoms with Crippen LogP contribution in [-0.2, 0) is 9.47 Å². The maximum atomic E-state index is 10.7. The summed E-state index contributed by atoms with van der Waals surface area (Å²) in [5.41, 5.74) is 0. The third kappa shape index (κ3) is 6.02. The molecule has 162 valence electrons. The SMILES string of the molecule is C[C@H]1C=C[C@H]2CCC[C@H](O)[C@@H]2[C@H]1CC[C@H](O)C[C@@H](CCO)OC1CCCCO1. The van der Waals surface area contributed by atoms with Crippen molar-refractivity contribution >= 4 is 0 Å². The molecule has 5 heteroatoms. The van der Waals surface area contributed by atoms with Gasteiger partial charge in [0.15, 0.2) is 6.29 Å². The smallest absolute Gasteiger partial charge is 0.157 e. The Balaban J connectivity index is 1.49. The van der Waals surface area contributed by atoms with E-state index in [2.05, 4.69) is 19.1 Å². The van der Waals surface area contributed by atoms with Gasteiger partial charge in [-0.05, 0) is 81.5 Å². The highest BCUT2D eigenvalue weighted by Crippen LogP contribution is 2.45. The van der Waals surface area contributed by atoms with E-state index < -0.39 is 6.10 Å². The van der Waals surface area contributed by atoms with Crippen molar-refractivity contribution in [2.75, 3.05) is 13.2 Å². The van der Waals surface area contributed by atoms with Crippen molar-refractivity contribution in [2.24, 2.45) is 23.7 Å². The second-order valence-corrected chi connectivity index (χ2v) is 9.18. The third-order valence-corrected chi connectivity index (χ3v) is 7.11. The summed E-state index contributed by atoms with van der Waals surface area (Å²) < 4.78 is 11.7. The van der Waals surface area contributed by atoms with Crippen LogP contribution in [0, 0.1) is 23.7 Å². The molecule has 0 radical (unpaired) electrons. The highest BCUT2D eigenvalue weighted by atomic mass is 16.7. The molecule has 8 atom stereocenters. The van der Waals surface area contributed by atoms with Crippen LogP contribution in [-0.4, -0.2) is 53.1 Å². The molecular weight excluding hydrogens is 356 g/mol. The molecule has 1 saturated carbocycles. The Kier molecular flexibility index (Phi) is 8.79. The van der Waals surface area contributed by atoms with E-state index in [4.69, 9.17) is 9.47 Å². The Morgan fingerprint density at radius 1 is 1.11 bits per heavy atom. The Labute approximate surface area is 170 Å². The maximum absolute atomic E-state index is 10.7. The van der Waals surface area contributed by atoms with Crippen molar-refractivity contribution in [2.45, 2.75) is 95.7 Å². The fraction of sp³-hybridized carbons (Fsp3) is 0.913. The van der Waals surface area contributed by atoms with E-state index in [0.29, 0.717) is 36.5 Å². The molecular formula is C23H40O5. The number of ether oxygens (including phenoxy) is 2. The van der Waals surface area contributed by atoms with Crippen LogP contribution in [0.3, 0.4) is 0 Å². The second-order valence-electron chi connectivity index (χ2n) is 9.18. The molecule has 3 N–H and O–H groups in total. The maximum Gasteiger partial charge on any atom is 0.157 e. The van der Waals surface area contributed by atoms with Crippen LogP contribution in [0.5, 0.6) is 0 Å².